The van der Waals surface area contributed by atoms with Gasteiger partial charge in [0.1, 0.15) is 5.76 Å². The summed E-state index contributed by atoms with van der Waals surface area (Å²) < 4.78 is 5.66. The Labute approximate surface area is 189 Å². The van der Waals surface area contributed by atoms with Crippen molar-refractivity contribution in [1.82, 2.24) is 4.90 Å². The molecule has 5 heteroatoms. The van der Waals surface area contributed by atoms with Gasteiger partial charge in [-0.2, -0.15) is 0 Å². The van der Waals surface area contributed by atoms with E-state index in [9.17, 15) is 14.7 Å². The first kappa shape index (κ1) is 22.3. The van der Waals surface area contributed by atoms with Crippen LogP contribution in [-0.2, 0) is 27.2 Å². The topological polar surface area (TPSA) is 66.8 Å². The molecule has 1 aliphatic carbocycles. The number of hydrogen-bond donors (Lipinski definition) is 1. The fourth-order valence-electron chi connectivity index (χ4n) is 4.75. The molecule has 1 amide bonds. The first-order valence-electron chi connectivity index (χ1n) is 11.5. The second-order valence-corrected chi connectivity index (χ2v) is 8.96. The first-order valence-corrected chi connectivity index (χ1v) is 11.5. The molecule has 5 nitrogen and oxygen atoms in total. The largest absolute Gasteiger partial charge is 0.507 e. The summed E-state index contributed by atoms with van der Waals surface area (Å²) in [5, 5.41) is 11.3. The van der Waals surface area contributed by atoms with Crippen LogP contribution < -0.4 is 0 Å². The molecule has 0 bridgehead atoms. The van der Waals surface area contributed by atoms with Crippen LogP contribution in [0.3, 0.4) is 0 Å². The number of aryl methyl sites for hydroxylation is 3. The van der Waals surface area contributed by atoms with Crippen molar-refractivity contribution in [2.75, 3.05) is 13.2 Å². The predicted octanol–water partition coefficient (Wildman–Crippen LogP) is 4.72. The standard InChI is InChI=1S/C27H31NO4/c1-17(2)32-15-14-28-24(22-11-7-4-8-18(22)3)23(26(30)27(28)31)25(29)21-13-12-19-9-5-6-10-20(19)16-21/h4,7-8,11-13,16-17,24,29H,5-6,9-10,14-15H2,1-3H3/b25-23+. The zero-order valence-corrected chi connectivity index (χ0v) is 19.1. The van der Waals surface area contributed by atoms with Crippen molar-refractivity contribution in [3.8, 4) is 0 Å². The van der Waals surface area contributed by atoms with Crippen LogP contribution in [0.15, 0.2) is 48.0 Å². The molecule has 2 aromatic rings. The van der Waals surface area contributed by atoms with Gasteiger partial charge in [-0.05, 0) is 74.8 Å². The molecule has 0 radical (unpaired) electrons. The summed E-state index contributed by atoms with van der Waals surface area (Å²) in [5.41, 5.74) is 5.08. The van der Waals surface area contributed by atoms with Crippen LogP contribution in [0.4, 0.5) is 0 Å². The van der Waals surface area contributed by atoms with E-state index in [1.165, 1.54) is 22.4 Å². The molecule has 1 saturated heterocycles. The van der Waals surface area contributed by atoms with Gasteiger partial charge in [-0.15, -0.1) is 0 Å². The number of amides is 1. The zero-order valence-electron chi connectivity index (χ0n) is 19.1. The fraction of sp³-hybridized carbons (Fsp3) is 0.407. The number of carbonyl (C=O) groups excluding carboxylic acids is 2. The highest BCUT2D eigenvalue weighted by Crippen LogP contribution is 2.40. The maximum atomic E-state index is 13.2. The molecule has 32 heavy (non-hydrogen) atoms. The van der Waals surface area contributed by atoms with Crippen molar-refractivity contribution >= 4 is 17.4 Å². The SMILES string of the molecule is Cc1ccccc1C1/C(=C(\O)c2ccc3c(c2)CCCC3)C(=O)C(=O)N1CCOC(C)C. The number of aliphatic hydroxyl groups excluding tert-OH is 1. The highest BCUT2D eigenvalue weighted by Gasteiger charge is 2.46. The lowest BCUT2D eigenvalue weighted by atomic mass is 9.88. The van der Waals surface area contributed by atoms with Gasteiger partial charge in [0.2, 0.25) is 0 Å². The third-order valence-corrected chi connectivity index (χ3v) is 6.43. The van der Waals surface area contributed by atoms with Gasteiger partial charge < -0.3 is 14.7 Å². The number of benzene rings is 2. The van der Waals surface area contributed by atoms with Crippen LogP contribution in [0.25, 0.3) is 5.76 Å². The van der Waals surface area contributed by atoms with Gasteiger partial charge >= 0.3 is 0 Å². The van der Waals surface area contributed by atoms with Crippen molar-refractivity contribution in [2.24, 2.45) is 0 Å². The Kier molecular flexibility index (Phi) is 6.47. The molecular weight excluding hydrogens is 402 g/mol. The predicted molar refractivity (Wildman–Crippen MR) is 124 cm³/mol. The third-order valence-electron chi connectivity index (χ3n) is 6.43. The maximum absolute atomic E-state index is 13.2. The number of rotatable bonds is 6. The van der Waals surface area contributed by atoms with Crippen LogP contribution in [0.5, 0.6) is 0 Å². The Hall–Kier alpha value is -2.92. The molecule has 4 rings (SSSR count). The average molecular weight is 434 g/mol. The molecule has 1 atom stereocenters. The van der Waals surface area contributed by atoms with E-state index in [1.807, 2.05) is 63.2 Å². The summed E-state index contributed by atoms with van der Waals surface area (Å²) >= 11 is 0. The van der Waals surface area contributed by atoms with E-state index in [1.54, 1.807) is 0 Å². The second-order valence-electron chi connectivity index (χ2n) is 8.96. The van der Waals surface area contributed by atoms with Gasteiger partial charge in [-0.25, -0.2) is 0 Å². The molecule has 1 aliphatic heterocycles. The Morgan fingerprint density at radius 3 is 2.53 bits per heavy atom. The number of hydrogen-bond acceptors (Lipinski definition) is 4. The highest BCUT2D eigenvalue weighted by atomic mass is 16.5. The van der Waals surface area contributed by atoms with Gasteiger partial charge in [0.05, 0.1) is 24.3 Å². The van der Waals surface area contributed by atoms with Crippen molar-refractivity contribution < 1.29 is 19.4 Å². The van der Waals surface area contributed by atoms with Gasteiger partial charge in [0.25, 0.3) is 11.7 Å². The lowest BCUT2D eigenvalue weighted by molar-refractivity contribution is -0.140. The third kappa shape index (κ3) is 4.22. The monoisotopic (exact) mass is 433 g/mol. The van der Waals surface area contributed by atoms with Crippen LogP contribution in [0.1, 0.15) is 60.5 Å². The Bertz CT molecular complexity index is 1070. The number of ether oxygens (including phenoxy) is 1. The lowest BCUT2D eigenvalue weighted by Crippen LogP contribution is -2.33. The van der Waals surface area contributed by atoms with Crippen molar-refractivity contribution in [1.29, 1.82) is 0 Å². The van der Waals surface area contributed by atoms with E-state index in [4.69, 9.17) is 4.74 Å². The van der Waals surface area contributed by atoms with E-state index in [-0.39, 0.29) is 24.0 Å². The Balaban J connectivity index is 1.80. The second kappa shape index (κ2) is 9.29. The van der Waals surface area contributed by atoms with Gasteiger partial charge in [0.15, 0.2) is 0 Å². The molecular formula is C27H31NO4. The number of aliphatic hydroxyl groups is 1. The smallest absolute Gasteiger partial charge is 0.295 e. The number of nitrogens with zero attached hydrogens (tertiary/aromatic N) is 1. The lowest BCUT2D eigenvalue weighted by Gasteiger charge is -2.27. The molecule has 2 aromatic carbocycles. The van der Waals surface area contributed by atoms with Gasteiger partial charge in [-0.3, -0.25) is 9.59 Å². The molecule has 0 saturated carbocycles. The Morgan fingerprint density at radius 1 is 1.09 bits per heavy atom. The molecule has 168 valence electrons. The number of Topliss-reactive ketones (excluding diaryl/α,β-unsaturated/α-hetero) is 1. The fourth-order valence-corrected chi connectivity index (χ4v) is 4.75. The van der Waals surface area contributed by atoms with E-state index < -0.39 is 17.7 Å². The van der Waals surface area contributed by atoms with E-state index in [2.05, 4.69) is 0 Å². The quantitative estimate of drug-likeness (QED) is 0.407. The summed E-state index contributed by atoms with van der Waals surface area (Å²) in [4.78, 5) is 27.7. The average Bonchev–Trinajstić information content (AvgIpc) is 3.03. The van der Waals surface area contributed by atoms with Crippen molar-refractivity contribution in [2.45, 2.75) is 58.6 Å². The normalized spacial score (nSPS) is 20.1. The first-order chi connectivity index (χ1) is 15.4. The summed E-state index contributed by atoms with van der Waals surface area (Å²) in [6.07, 6.45) is 4.34. The molecule has 1 fully saturated rings. The van der Waals surface area contributed by atoms with E-state index >= 15 is 0 Å². The van der Waals surface area contributed by atoms with Crippen molar-refractivity contribution in [3.63, 3.8) is 0 Å². The number of likely N-dealkylation sites (tertiary alicyclic amines) is 1. The van der Waals surface area contributed by atoms with Crippen LogP contribution in [0.2, 0.25) is 0 Å². The van der Waals surface area contributed by atoms with Crippen LogP contribution >= 0.6 is 0 Å². The zero-order chi connectivity index (χ0) is 22.8. The van der Waals surface area contributed by atoms with Crippen LogP contribution in [0, 0.1) is 6.92 Å². The maximum Gasteiger partial charge on any atom is 0.295 e. The molecule has 0 spiro atoms. The number of ketones is 1. The minimum atomic E-state index is -0.641. The highest BCUT2D eigenvalue weighted by molar-refractivity contribution is 6.46. The van der Waals surface area contributed by atoms with Gasteiger partial charge in [-0.1, -0.05) is 36.4 Å². The number of carbonyl (C=O) groups is 2. The van der Waals surface area contributed by atoms with Crippen molar-refractivity contribution in [3.05, 3.63) is 75.9 Å². The van der Waals surface area contributed by atoms with Crippen LogP contribution in [-0.4, -0.2) is 41.0 Å². The summed E-state index contributed by atoms with van der Waals surface area (Å²) in [6.45, 7) is 6.43. The number of fused-ring (bicyclic) bond motifs is 1. The van der Waals surface area contributed by atoms with E-state index in [0.717, 1.165) is 30.4 Å². The molecule has 1 unspecified atom stereocenters. The molecule has 1 heterocycles. The van der Waals surface area contributed by atoms with E-state index in [0.29, 0.717) is 12.2 Å². The minimum absolute atomic E-state index is 0.0271. The minimum Gasteiger partial charge on any atom is -0.507 e. The Morgan fingerprint density at radius 2 is 1.81 bits per heavy atom. The molecule has 1 N–H and O–H groups in total. The summed E-state index contributed by atoms with van der Waals surface area (Å²) in [6, 6.07) is 12.9. The van der Waals surface area contributed by atoms with Gasteiger partial charge in [0, 0.05) is 12.1 Å². The molecule has 2 aliphatic rings. The molecule has 0 aromatic heterocycles. The summed E-state index contributed by atoms with van der Waals surface area (Å²) in [7, 11) is 0. The summed E-state index contributed by atoms with van der Waals surface area (Å²) in [5.74, 6) is -1.33.